The minimum atomic E-state index is -4.61. The summed E-state index contributed by atoms with van der Waals surface area (Å²) in [4.78, 5) is 30.0. The van der Waals surface area contributed by atoms with Crippen molar-refractivity contribution >= 4 is 28.3 Å². The molecule has 1 aromatic carbocycles. The number of aryl methyl sites for hydroxylation is 2. The Hall–Kier alpha value is -3.62. The van der Waals surface area contributed by atoms with Crippen molar-refractivity contribution in [2.45, 2.75) is 13.1 Å². The zero-order chi connectivity index (χ0) is 20.9. The third-order valence-electron chi connectivity index (χ3n) is 4.74. The van der Waals surface area contributed by atoms with Gasteiger partial charge >= 0.3 is 6.18 Å². The summed E-state index contributed by atoms with van der Waals surface area (Å²) >= 11 is 0. The number of pyridine rings is 1. The Kier molecular flexibility index (Phi) is 4.18. The molecule has 148 valence electrons. The van der Waals surface area contributed by atoms with Crippen LogP contribution in [0.2, 0.25) is 0 Å². The predicted octanol–water partition coefficient (Wildman–Crippen LogP) is 3.77. The lowest BCUT2D eigenvalue weighted by Crippen LogP contribution is -2.19. The first-order valence-corrected chi connectivity index (χ1v) is 8.63. The van der Waals surface area contributed by atoms with Crippen LogP contribution in [0, 0.1) is 6.92 Å². The van der Waals surface area contributed by atoms with Gasteiger partial charge < -0.3 is 9.88 Å². The van der Waals surface area contributed by atoms with E-state index >= 15 is 0 Å². The van der Waals surface area contributed by atoms with Crippen LogP contribution in [0.15, 0.2) is 53.5 Å². The van der Waals surface area contributed by atoms with Gasteiger partial charge in [0.1, 0.15) is 17.0 Å². The second-order valence-electron chi connectivity index (χ2n) is 6.63. The highest BCUT2D eigenvalue weighted by atomic mass is 19.4. The standard InChI is InChI=1S/C20H15F3N4O2/c1-11-6-5-9-27-16(11)25-17-12(19(27)29)10-15(26(17)2)18(28)24-14-8-4-3-7-13(14)20(21,22)23/h3-10H,1-2H3,(H,24,28). The molecular weight excluding hydrogens is 385 g/mol. The van der Waals surface area contributed by atoms with Gasteiger partial charge in [-0.1, -0.05) is 18.2 Å². The molecule has 4 rings (SSSR count). The van der Waals surface area contributed by atoms with Gasteiger partial charge in [-0.2, -0.15) is 13.2 Å². The van der Waals surface area contributed by atoms with E-state index in [0.29, 0.717) is 5.65 Å². The molecule has 0 saturated heterocycles. The third-order valence-corrected chi connectivity index (χ3v) is 4.74. The fraction of sp³-hybridized carbons (Fsp3) is 0.150. The van der Waals surface area contributed by atoms with Crippen LogP contribution in [0.1, 0.15) is 21.6 Å². The molecule has 1 amide bonds. The van der Waals surface area contributed by atoms with Crippen molar-refractivity contribution in [2.24, 2.45) is 7.05 Å². The van der Waals surface area contributed by atoms with E-state index in [-0.39, 0.29) is 28.0 Å². The summed E-state index contributed by atoms with van der Waals surface area (Å²) in [5.41, 5.74) is -0.154. The van der Waals surface area contributed by atoms with Crippen molar-refractivity contribution in [2.75, 3.05) is 5.32 Å². The SMILES string of the molecule is Cc1cccn2c(=O)c3cc(C(=O)Nc4ccccc4C(F)(F)F)n(C)c3nc12. The number of para-hydroxylation sites is 1. The molecule has 1 N–H and O–H groups in total. The van der Waals surface area contributed by atoms with Crippen molar-refractivity contribution in [1.82, 2.24) is 14.0 Å². The smallest absolute Gasteiger partial charge is 0.324 e. The minimum absolute atomic E-state index is 0.0233. The molecule has 0 aliphatic rings. The van der Waals surface area contributed by atoms with Crippen LogP contribution in [0.3, 0.4) is 0 Å². The Labute approximate surface area is 162 Å². The lowest BCUT2D eigenvalue weighted by Gasteiger charge is -2.13. The number of rotatable bonds is 2. The van der Waals surface area contributed by atoms with Crippen molar-refractivity contribution in [1.29, 1.82) is 0 Å². The van der Waals surface area contributed by atoms with Gasteiger partial charge in [-0.3, -0.25) is 14.0 Å². The maximum absolute atomic E-state index is 13.2. The van der Waals surface area contributed by atoms with Gasteiger partial charge in [0, 0.05) is 13.2 Å². The van der Waals surface area contributed by atoms with Gasteiger partial charge in [0.15, 0.2) is 0 Å². The van der Waals surface area contributed by atoms with E-state index in [4.69, 9.17) is 0 Å². The molecule has 3 aromatic heterocycles. The summed E-state index contributed by atoms with van der Waals surface area (Å²) in [6.45, 7) is 1.80. The summed E-state index contributed by atoms with van der Waals surface area (Å²) in [6, 6.07) is 9.56. The Morgan fingerprint density at radius 2 is 1.83 bits per heavy atom. The number of alkyl halides is 3. The molecule has 0 saturated carbocycles. The maximum atomic E-state index is 13.2. The molecule has 29 heavy (non-hydrogen) atoms. The average Bonchev–Trinajstić information content (AvgIpc) is 3.00. The van der Waals surface area contributed by atoms with Gasteiger partial charge in [-0.25, -0.2) is 4.98 Å². The van der Waals surface area contributed by atoms with E-state index in [0.717, 1.165) is 11.6 Å². The first kappa shape index (κ1) is 18.7. The van der Waals surface area contributed by atoms with Crippen molar-refractivity contribution in [3.63, 3.8) is 0 Å². The Morgan fingerprint density at radius 1 is 1.10 bits per heavy atom. The van der Waals surface area contributed by atoms with Crippen LogP contribution in [-0.2, 0) is 13.2 Å². The molecule has 0 unspecified atom stereocenters. The van der Waals surface area contributed by atoms with Crippen molar-refractivity contribution in [3.8, 4) is 0 Å². The highest BCUT2D eigenvalue weighted by Crippen LogP contribution is 2.34. The molecule has 6 nitrogen and oxygen atoms in total. The topological polar surface area (TPSA) is 68.4 Å². The number of hydrogen-bond donors (Lipinski definition) is 1. The monoisotopic (exact) mass is 400 g/mol. The summed E-state index contributed by atoms with van der Waals surface area (Å²) < 4.78 is 42.3. The normalized spacial score (nSPS) is 11.9. The molecule has 0 bridgehead atoms. The highest BCUT2D eigenvalue weighted by Gasteiger charge is 2.33. The number of carbonyl (C=O) groups excluding carboxylic acids is 1. The summed E-state index contributed by atoms with van der Waals surface area (Å²) in [5, 5.41) is 2.49. The summed E-state index contributed by atoms with van der Waals surface area (Å²) in [6.07, 6.45) is -3.04. The van der Waals surface area contributed by atoms with E-state index in [1.165, 1.54) is 40.3 Å². The van der Waals surface area contributed by atoms with Crippen LogP contribution < -0.4 is 10.9 Å². The van der Waals surface area contributed by atoms with E-state index in [2.05, 4.69) is 10.3 Å². The number of fused-ring (bicyclic) bond motifs is 2. The molecule has 0 aliphatic heterocycles. The van der Waals surface area contributed by atoms with Gasteiger partial charge in [-0.05, 0) is 36.8 Å². The number of carbonyl (C=O) groups is 1. The number of benzene rings is 1. The van der Waals surface area contributed by atoms with E-state index in [1.54, 1.807) is 25.3 Å². The number of nitrogens with one attached hydrogen (secondary N) is 1. The van der Waals surface area contributed by atoms with Crippen molar-refractivity contribution < 1.29 is 18.0 Å². The van der Waals surface area contributed by atoms with E-state index < -0.39 is 17.6 Å². The predicted molar refractivity (Wildman–Crippen MR) is 102 cm³/mol. The van der Waals surface area contributed by atoms with Gasteiger partial charge in [0.2, 0.25) is 0 Å². The molecular formula is C20H15F3N4O2. The molecule has 4 aromatic rings. The summed E-state index contributed by atoms with van der Waals surface area (Å²) in [5.74, 6) is -0.771. The van der Waals surface area contributed by atoms with E-state index in [1.807, 2.05) is 0 Å². The van der Waals surface area contributed by atoms with E-state index in [9.17, 15) is 22.8 Å². The Morgan fingerprint density at radius 3 is 2.55 bits per heavy atom. The molecule has 3 heterocycles. The average molecular weight is 400 g/mol. The Balaban J connectivity index is 1.83. The molecule has 0 radical (unpaired) electrons. The lowest BCUT2D eigenvalue weighted by molar-refractivity contribution is -0.136. The zero-order valence-electron chi connectivity index (χ0n) is 15.4. The number of halogens is 3. The summed E-state index contributed by atoms with van der Waals surface area (Å²) in [7, 11) is 1.54. The van der Waals surface area contributed by atoms with Crippen LogP contribution in [0.25, 0.3) is 16.7 Å². The fourth-order valence-electron chi connectivity index (χ4n) is 3.27. The van der Waals surface area contributed by atoms with Crippen LogP contribution >= 0.6 is 0 Å². The number of aromatic nitrogens is 3. The lowest BCUT2D eigenvalue weighted by atomic mass is 10.1. The number of hydrogen-bond acceptors (Lipinski definition) is 3. The van der Waals surface area contributed by atoms with Crippen LogP contribution in [-0.4, -0.2) is 19.9 Å². The van der Waals surface area contributed by atoms with Crippen LogP contribution in [0.4, 0.5) is 18.9 Å². The first-order chi connectivity index (χ1) is 13.7. The number of nitrogens with zero attached hydrogens (tertiary/aromatic N) is 3. The molecule has 0 spiro atoms. The van der Waals surface area contributed by atoms with Gasteiger partial charge in [-0.15, -0.1) is 0 Å². The molecule has 0 fully saturated rings. The molecule has 0 atom stereocenters. The maximum Gasteiger partial charge on any atom is 0.418 e. The van der Waals surface area contributed by atoms with Crippen molar-refractivity contribution in [3.05, 3.63) is 75.8 Å². The fourth-order valence-corrected chi connectivity index (χ4v) is 3.27. The number of anilines is 1. The molecule has 9 heteroatoms. The first-order valence-electron chi connectivity index (χ1n) is 8.63. The van der Waals surface area contributed by atoms with Gasteiger partial charge in [0.25, 0.3) is 11.5 Å². The minimum Gasteiger partial charge on any atom is -0.324 e. The second-order valence-corrected chi connectivity index (χ2v) is 6.63. The largest absolute Gasteiger partial charge is 0.418 e. The van der Waals surface area contributed by atoms with Crippen LogP contribution in [0.5, 0.6) is 0 Å². The zero-order valence-corrected chi connectivity index (χ0v) is 15.4. The highest BCUT2D eigenvalue weighted by molar-refractivity contribution is 6.06. The Bertz CT molecular complexity index is 1340. The van der Waals surface area contributed by atoms with Gasteiger partial charge in [0.05, 0.1) is 16.6 Å². The third kappa shape index (κ3) is 3.04. The molecule has 0 aliphatic carbocycles. The quantitative estimate of drug-likeness (QED) is 0.557. The second kappa shape index (κ2) is 6.47. The number of amides is 1.